The van der Waals surface area contributed by atoms with Gasteiger partial charge in [0, 0.05) is 37.9 Å². The van der Waals surface area contributed by atoms with E-state index in [9.17, 15) is 31.2 Å². The second-order valence-corrected chi connectivity index (χ2v) is 11.9. The van der Waals surface area contributed by atoms with E-state index in [-0.39, 0.29) is 40.0 Å². The second kappa shape index (κ2) is 12.3. The fraction of sp³-hybridized carbons (Fsp3) is 0.393. The van der Waals surface area contributed by atoms with Crippen LogP contribution in [0.2, 0.25) is 0 Å². The highest BCUT2D eigenvalue weighted by Crippen LogP contribution is 2.28. The molecule has 0 saturated carbocycles. The van der Waals surface area contributed by atoms with E-state index >= 15 is 0 Å². The standard InChI is InChI=1S/C28H30F3N5O5S/c1-18(37)35-11-8-20(9-12-35)34-27(38)22-13-19(14-24-26(22)33-17-36(24)16-28(29,30)31)5-4-10-32-23-15-21(42(3,39)40)6-7-25(23)41-2/h6-7,13-15,17,20,32H,8-12,16H2,1-3H3,(H,34,38). The maximum atomic E-state index is 13.3. The molecule has 0 bridgehead atoms. The summed E-state index contributed by atoms with van der Waals surface area (Å²) in [5.74, 6) is 5.59. The topological polar surface area (TPSA) is 123 Å². The van der Waals surface area contributed by atoms with Crippen LogP contribution in [0.3, 0.4) is 0 Å². The number of anilines is 1. The number of hydrogen-bond donors (Lipinski definition) is 2. The van der Waals surface area contributed by atoms with Crippen LogP contribution in [0.5, 0.6) is 5.75 Å². The summed E-state index contributed by atoms with van der Waals surface area (Å²) >= 11 is 0. The van der Waals surface area contributed by atoms with E-state index in [0.717, 1.165) is 17.2 Å². The van der Waals surface area contributed by atoms with Crippen molar-refractivity contribution < 1.29 is 35.9 Å². The Kier molecular flexibility index (Phi) is 9.00. The van der Waals surface area contributed by atoms with E-state index in [1.165, 1.54) is 44.4 Å². The first-order valence-corrected chi connectivity index (χ1v) is 14.9. The van der Waals surface area contributed by atoms with Crippen LogP contribution in [0.4, 0.5) is 18.9 Å². The Bertz CT molecular complexity index is 1670. The van der Waals surface area contributed by atoms with Gasteiger partial charge in [-0.1, -0.05) is 11.8 Å². The molecule has 2 N–H and O–H groups in total. The first kappa shape index (κ1) is 30.7. The van der Waals surface area contributed by atoms with Gasteiger partial charge in [0.2, 0.25) is 5.91 Å². The molecule has 2 amide bonds. The molecule has 42 heavy (non-hydrogen) atoms. The molecule has 1 fully saturated rings. The number of imidazole rings is 1. The molecule has 1 aromatic heterocycles. The van der Waals surface area contributed by atoms with Crippen LogP contribution in [0.15, 0.2) is 41.6 Å². The lowest BCUT2D eigenvalue weighted by Gasteiger charge is -2.31. The lowest BCUT2D eigenvalue weighted by atomic mass is 10.0. The van der Waals surface area contributed by atoms with Crippen LogP contribution in [-0.4, -0.2) is 79.9 Å². The summed E-state index contributed by atoms with van der Waals surface area (Å²) in [6.07, 6.45) is -1.29. The normalized spacial score (nSPS) is 14.3. The molecule has 10 nitrogen and oxygen atoms in total. The number of carbonyl (C=O) groups is 2. The number of hydrogen-bond acceptors (Lipinski definition) is 7. The molecule has 1 aliphatic heterocycles. The smallest absolute Gasteiger partial charge is 0.406 e. The average molecular weight is 606 g/mol. The first-order valence-electron chi connectivity index (χ1n) is 13.0. The Morgan fingerprint density at radius 1 is 1.17 bits per heavy atom. The number of aromatic nitrogens is 2. The third-order valence-corrected chi connectivity index (χ3v) is 7.90. The maximum Gasteiger partial charge on any atom is 0.406 e. The van der Waals surface area contributed by atoms with Crippen LogP contribution in [0.1, 0.15) is 35.7 Å². The number of fused-ring (bicyclic) bond motifs is 1. The molecule has 0 unspecified atom stereocenters. The number of piperidine rings is 1. The van der Waals surface area contributed by atoms with Crippen LogP contribution in [0.25, 0.3) is 11.0 Å². The molecule has 1 aliphatic rings. The minimum absolute atomic E-state index is 0.0413. The summed E-state index contributed by atoms with van der Waals surface area (Å²) in [7, 11) is -2.03. The van der Waals surface area contributed by atoms with E-state index < -0.39 is 28.5 Å². The molecule has 2 aromatic carbocycles. The number of nitrogens with zero attached hydrogens (tertiary/aromatic N) is 3. The van der Waals surface area contributed by atoms with Gasteiger partial charge in [-0.25, -0.2) is 13.4 Å². The summed E-state index contributed by atoms with van der Waals surface area (Å²) in [6.45, 7) is 1.22. The molecule has 3 aromatic rings. The number of methoxy groups -OCH3 is 1. The second-order valence-electron chi connectivity index (χ2n) is 9.92. The summed E-state index contributed by atoms with van der Waals surface area (Å²) in [6, 6.07) is 7.05. The van der Waals surface area contributed by atoms with Crippen LogP contribution < -0.4 is 15.4 Å². The zero-order chi connectivity index (χ0) is 30.7. The number of ether oxygens (including phenoxy) is 1. The lowest BCUT2D eigenvalue weighted by molar-refractivity contribution is -0.140. The van der Waals surface area contributed by atoms with E-state index in [0.29, 0.717) is 42.9 Å². The third kappa shape index (κ3) is 7.52. The van der Waals surface area contributed by atoms with Crippen LogP contribution in [0, 0.1) is 11.8 Å². The van der Waals surface area contributed by atoms with Crippen LogP contribution >= 0.6 is 0 Å². The zero-order valence-electron chi connectivity index (χ0n) is 23.2. The van der Waals surface area contributed by atoms with Crippen molar-refractivity contribution in [2.24, 2.45) is 0 Å². The minimum atomic E-state index is -4.51. The van der Waals surface area contributed by atoms with Gasteiger partial charge < -0.3 is 24.8 Å². The summed E-state index contributed by atoms with van der Waals surface area (Å²) in [4.78, 5) is 30.8. The van der Waals surface area contributed by atoms with Gasteiger partial charge >= 0.3 is 6.18 Å². The van der Waals surface area contributed by atoms with E-state index in [1.807, 2.05) is 0 Å². The summed E-state index contributed by atoms with van der Waals surface area (Å²) in [5.41, 5.74) is 0.989. The Morgan fingerprint density at radius 2 is 1.88 bits per heavy atom. The molecule has 0 aliphatic carbocycles. The average Bonchev–Trinajstić information content (AvgIpc) is 3.31. The molecule has 224 valence electrons. The largest absolute Gasteiger partial charge is 0.495 e. The van der Waals surface area contributed by atoms with Gasteiger partial charge in [0.25, 0.3) is 5.91 Å². The number of rotatable bonds is 7. The molecule has 1 saturated heterocycles. The van der Waals surface area contributed by atoms with Crippen molar-refractivity contribution in [3.8, 4) is 17.6 Å². The SMILES string of the molecule is COc1ccc(S(C)(=O)=O)cc1NCC#Cc1cc(C(=O)NC2CCN(C(C)=O)CC2)c2ncn(CC(F)(F)F)c2c1. The molecule has 0 radical (unpaired) electrons. The highest BCUT2D eigenvalue weighted by Gasteiger charge is 2.30. The number of halogens is 3. The van der Waals surface area contributed by atoms with Crippen LogP contribution in [-0.2, 0) is 21.2 Å². The Hall–Kier alpha value is -4.25. The lowest BCUT2D eigenvalue weighted by Crippen LogP contribution is -2.46. The van der Waals surface area contributed by atoms with Crippen molar-refractivity contribution in [1.29, 1.82) is 0 Å². The summed E-state index contributed by atoms with van der Waals surface area (Å²) in [5, 5.41) is 5.91. The number of alkyl halides is 3. The van der Waals surface area contributed by atoms with E-state index in [1.54, 1.807) is 4.90 Å². The van der Waals surface area contributed by atoms with Gasteiger partial charge in [-0.3, -0.25) is 9.59 Å². The van der Waals surface area contributed by atoms with Crippen molar-refractivity contribution in [2.75, 3.05) is 38.3 Å². The van der Waals surface area contributed by atoms with Gasteiger partial charge in [0.15, 0.2) is 9.84 Å². The fourth-order valence-electron chi connectivity index (χ4n) is 4.67. The number of sulfone groups is 1. The van der Waals surface area contributed by atoms with Crippen molar-refractivity contribution in [2.45, 2.75) is 43.4 Å². The van der Waals surface area contributed by atoms with Gasteiger partial charge in [0.05, 0.1) is 41.6 Å². The number of carbonyl (C=O) groups excluding carboxylic acids is 2. The maximum absolute atomic E-state index is 13.3. The number of nitrogens with one attached hydrogen (secondary N) is 2. The number of likely N-dealkylation sites (tertiary alicyclic amines) is 1. The van der Waals surface area contributed by atoms with Gasteiger partial charge in [-0.05, 0) is 43.2 Å². The predicted molar refractivity (Wildman–Crippen MR) is 150 cm³/mol. The first-order chi connectivity index (χ1) is 19.7. The molecule has 0 atom stereocenters. The highest BCUT2D eigenvalue weighted by atomic mass is 32.2. The highest BCUT2D eigenvalue weighted by molar-refractivity contribution is 7.90. The molecular weight excluding hydrogens is 575 g/mol. The zero-order valence-corrected chi connectivity index (χ0v) is 24.0. The monoisotopic (exact) mass is 605 g/mol. The molecular formula is C28H30F3N5O5S. The fourth-order valence-corrected chi connectivity index (χ4v) is 5.32. The van der Waals surface area contributed by atoms with Gasteiger partial charge in [-0.15, -0.1) is 0 Å². The molecule has 2 heterocycles. The Morgan fingerprint density at radius 3 is 2.50 bits per heavy atom. The predicted octanol–water partition coefficient (Wildman–Crippen LogP) is 3.22. The van der Waals surface area contributed by atoms with Crippen molar-refractivity contribution in [3.05, 3.63) is 47.8 Å². The van der Waals surface area contributed by atoms with E-state index in [4.69, 9.17) is 4.74 Å². The molecule has 14 heteroatoms. The third-order valence-electron chi connectivity index (χ3n) is 6.79. The van der Waals surface area contributed by atoms with Gasteiger partial charge in [0.1, 0.15) is 17.8 Å². The van der Waals surface area contributed by atoms with Crippen molar-refractivity contribution >= 4 is 38.4 Å². The molecule has 0 spiro atoms. The molecule has 4 rings (SSSR count). The van der Waals surface area contributed by atoms with Gasteiger partial charge in [-0.2, -0.15) is 13.2 Å². The minimum Gasteiger partial charge on any atom is -0.495 e. The number of amides is 2. The quantitative estimate of drug-likeness (QED) is 0.397. The number of benzene rings is 2. The Balaban J connectivity index is 1.60. The summed E-state index contributed by atoms with van der Waals surface area (Å²) < 4.78 is 69.8. The Labute approximate surface area is 241 Å². The van der Waals surface area contributed by atoms with E-state index in [2.05, 4.69) is 27.5 Å². The van der Waals surface area contributed by atoms with Crippen molar-refractivity contribution in [3.63, 3.8) is 0 Å². The van der Waals surface area contributed by atoms with Crippen molar-refractivity contribution in [1.82, 2.24) is 19.8 Å².